The summed E-state index contributed by atoms with van der Waals surface area (Å²) in [4.78, 5) is 2.70. The third-order valence-electron chi connectivity index (χ3n) is 4.93. The zero-order valence-electron chi connectivity index (χ0n) is 12.1. The molecular weight excluding hydrogens is 240 g/mol. The maximum absolute atomic E-state index is 5.94. The summed E-state index contributed by atoms with van der Waals surface area (Å²) in [7, 11) is 0. The third-order valence-corrected chi connectivity index (χ3v) is 4.93. The van der Waals surface area contributed by atoms with E-state index in [2.05, 4.69) is 17.1 Å². The van der Waals surface area contributed by atoms with E-state index in [9.17, 15) is 0 Å². The molecule has 0 radical (unpaired) electrons. The van der Waals surface area contributed by atoms with Crippen LogP contribution < -0.4 is 5.32 Å². The van der Waals surface area contributed by atoms with Crippen molar-refractivity contribution in [1.82, 2.24) is 10.2 Å². The Bertz CT molecular complexity index is 287. The minimum atomic E-state index is 0.488. The average Bonchev–Trinajstić information content (AvgIpc) is 2.94. The van der Waals surface area contributed by atoms with Crippen molar-refractivity contribution in [2.45, 2.75) is 63.3 Å². The van der Waals surface area contributed by atoms with E-state index >= 15 is 0 Å². The van der Waals surface area contributed by atoms with Crippen LogP contribution in [0, 0.1) is 0 Å². The molecule has 2 saturated heterocycles. The Labute approximate surface area is 116 Å². The number of rotatable bonds is 4. The van der Waals surface area contributed by atoms with Gasteiger partial charge in [0.05, 0.1) is 19.3 Å². The smallest absolute Gasteiger partial charge is 0.0731 e. The van der Waals surface area contributed by atoms with Gasteiger partial charge in [0.2, 0.25) is 0 Å². The summed E-state index contributed by atoms with van der Waals surface area (Å²) in [5.74, 6) is 0. The van der Waals surface area contributed by atoms with E-state index < -0.39 is 0 Å². The summed E-state index contributed by atoms with van der Waals surface area (Å²) in [6.07, 6.45) is 6.73. The van der Waals surface area contributed by atoms with Gasteiger partial charge in [-0.05, 0) is 38.6 Å². The summed E-state index contributed by atoms with van der Waals surface area (Å²) in [5.41, 5.74) is 0. The van der Waals surface area contributed by atoms with Crippen LogP contribution in [0.4, 0.5) is 0 Å². The highest BCUT2D eigenvalue weighted by Gasteiger charge is 2.42. The molecule has 3 aliphatic rings. The molecule has 1 aliphatic carbocycles. The van der Waals surface area contributed by atoms with Crippen LogP contribution >= 0.6 is 0 Å². The van der Waals surface area contributed by atoms with Crippen LogP contribution in [-0.2, 0) is 9.47 Å². The predicted molar refractivity (Wildman–Crippen MR) is 75.4 cm³/mol. The molecule has 0 aromatic heterocycles. The van der Waals surface area contributed by atoms with Gasteiger partial charge in [-0.3, -0.25) is 4.90 Å². The molecule has 1 N–H and O–H groups in total. The van der Waals surface area contributed by atoms with Crippen molar-refractivity contribution in [3.8, 4) is 0 Å². The van der Waals surface area contributed by atoms with Crippen molar-refractivity contribution in [3.05, 3.63) is 0 Å². The number of nitrogens with one attached hydrogen (secondary N) is 1. The monoisotopic (exact) mass is 268 g/mol. The fourth-order valence-corrected chi connectivity index (χ4v) is 3.98. The SMILES string of the molecule is CCCNC1CCOCC1N1CCOC2CCCC21. The van der Waals surface area contributed by atoms with Gasteiger partial charge < -0.3 is 14.8 Å². The van der Waals surface area contributed by atoms with E-state index in [1.54, 1.807) is 0 Å². The molecule has 3 fully saturated rings. The van der Waals surface area contributed by atoms with Crippen LogP contribution in [0.15, 0.2) is 0 Å². The Hall–Kier alpha value is -0.160. The number of ether oxygens (including phenoxy) is 2. The van der Waals surface area contributed by atoms with Crippen molar-refractivity contribution in [2.24, 2.45) is 0 Å². The van der Waals surface area contributed by atoms with Crippen molar-refractivity contribution in [2.75, 3.05) is 32.9 Å². The van der Waals surface area contributed by atoms with Gasteiger partial charge in [0.1, 0.15) is 0 Å². The van der Waals surface area contributed by atoms with Crippen molar-refractivity contribution >= 4 is 0 Å². The molecular formula is C15H28N2O2. The van der Waals surface area contributed by atoms with E-state index in [1.165, 1.54) is 25.7 Å². The molecule has 4 atom stereocenters. The Morgan fingerprint density at radius 3 is 3.00 bits per heavy atom. The maximum Gasteiger partial charge on any atom is 0.0731 e. The fraction of sp³-hybridized carbons (Fsp3) is 1.00. The second kappa shape index (κ2) is 6.53. The van der Waals surface area contributed by atoms with Gasteiger partial charge in [0.15, 0.2) is 0 Å². The lowest BCUT2D eigenvalue weighted by Crippen LogP contribution is -2.62. The molecule has 0 aromatic carbocycles. The average molecular weight is 268 g/mol. The first kappa shape index (κ1) is 13.8. The van der Waals surface area contributed by atoms with E-state index in [1.807, 2.05) is 0 Å². The molecule has 0 amide bonds. The van der Waals surface area contributed by atoms with Crippen LogP contribution in [-0.4, -0.2) is 62.0 Å². The summed E-state index contributed by atoms with van der Waals surface area (Å²) in [6, 6.07) is 1.80. The highest BCUT2D eigenvalue weighted by atomic mass is 16.5. The Morgan fingerprint density at radius 2 is 2.11 bits per heavy atom. The minimum absolute atomic E-state index is 0.488. The minimum Gasteiger partial charge on any atom is -0.380 e. The van der Waals surface area contributed by atoms with E-state index in [4.69, 9.17) is 9.47 Å². The predicted octanol–water partition coefficient (Wildman–Crippen LogP) is 1.40. The van der Waals surface area contributed by atoms with Gasteiger partial charge in [-0.1, -0.05) is 6.92 Å². The van der Waals surface area contributed by atoms with Crippen LogP contribution in [0.25, 0.3) is 0 Å². The van der Waals surface area contributed by atoms with Gasteiger partial charge in [-0.15, -0.1) is 0 Å². The molecule has 4 heteroatoms. The first-order valence-electron chi connectivity index (χ1n) is 8.08. The normalized spacial score (nSPS) is 40.3. The highest BCUT2D eigenvalue weighted by Crippen LogP contribution is 2.32. The van der Waals surface area contributed by atoms with Crippen molar-refractivity contribution in [1.29, 1.82) is 0 Å². The molecule has 19 heavy (non-hydrogen) atoms. The lowest BCUT2D eigenvalue weighted by molar-refractivity contribution is -0.102. The molecule has 2 heterocycles. The molecule has 0 aromatic rings. The fourth-order valence-electron chi connectivity index (χ4n) is 3.98. The van der Waals surface area contributed by atoms with E-state index in [-0.39, 0.29) is 0 Å². The maximum atomic E-state index is 5.94. The van der Waals surface area contributed by atoms with Gasteiger partial charge in [0.25, 0.3) is 0 Å². The number of hydrogen-bond donors (Lipinski definition) is 1. The number of morpholine rings is 1. The van der Waals surface area contributed by atoms with Crippen LogP contribution in [0.3, 0.4) is 0 Å². The third kappa shape index (κ3) is 2.97. The largest absolute Gasteiger partial charge is 0.380 e. The second-order valence-electron chi connectivity index (χ2n) is 6.14. The molecule has 4 unspecified atom stereocenters. The van der Waals surface area contributed by atoms with Gasteiger partial charge in [-0.25, -0.2) is 0 Å². The zero-order chi connectivity index (χ0) is 13.1. The van der Waals surface area contributed by atoms with Crippen LogP contribution in [0.5, 0.6) is 0 Å². The second-order valence-corrected chi connectivity index (χ2v) is 6.14. The Morgan fingerprint density at radius 1 is 1.16 bits per heavy atom. The Balaban J connectivity index is 1.66. The van der Waals surface area contributed by atoms with Crippen LogP contribution in [0.2, 0.25) is 0 Å². The summed E-state index contributed by atoms with van der Waals surface area (Å²) >= 11 is 0. The van der Waals surface area contributed by atoms with Crippen LogP contribution in [0.1, 0.15) is 39.0 Å². The lowest BCUT2D eigenvalue weighted by Gasteiger charge is -2.47. The number of fused-ring (bicyclic) bond motifs is 1. The molecule has 0 bridgehead atoms. The van der Waals surface area contributed by atoms with Crippen molar-refractivity contribution in [3.63, 3.8) is 0 Å². The molecule has 4 nitrogen and oxygen atoms in total. The summed E-state index contributed by atoms with van der Waals surface area (Å²) in [5, 5.41) is 3.74. The van der Waals surface area contributed by atoms with Gasteiger partial charge >= 0.3 is 0 Å². The highest BCUT2D eigenvalue weighted by molar-refractivity contribution is 4.97. The summed E-state index contributed by atoms with van der Waals surface area (Å²) in [6.45, 7) is 7.15. The molecule has 0 spiro atoms. The van der Waals surface area contributed by atoms with Gasteiger partial charge in [-0.2, -0.15) is 0 Å². The first-order chi connectivity index (χ1) is 9.40. The van der Waals surface area contributed by atoms with Gasteiger partial charge in [0, 0.05) is 31.3 Å². The van der Waals surface area contributed by atoms with Crippen molar-refractivity contribution < 1.29 is 9.47 Å². The summed E-state index contributed by atoms with van der Waals surface area (Å²) < 4.78 is 11.7. The topological polar surface area (TPSA) is 33.7 Å². The standard InChI is InChI=1S/C15H28N2O2/c1-2-7-16-12-6-9-18-11-14(12)17-8-10-19-15-5-3-4-13(15)17/h12-16H,2-11H2,1H3. The number of nitrogens with zero attached hydrogens (tertiary/aromatic N) is 1. The quantitative estimate of drug-likeness (QED) is 0.835. The number of hydrogen-bond acceptors (Lipinski definition) is 4. The molecule has 2 aliphatic heterocycles. The lowest BCUT2D eigenvalue weighted by atomic mass is 9.97. The Kier molecular flexibility index (Phi) is 4.74. The van der Waals surface area contributed by atoms with E-state index in [0.29, 0.717) is 24.2 Å². The molecule has 110 valence electrons. The molecule has 3 rings (SSSR count). The first-order valence-corrected chi connectivity index (χ1v) is 8.08. The molecule has 1 saturated carbocycles. The zero-order valence-corrected chi connectivity index (χ0v) is 12.1. The van der Waals surface area contributed by atoms with E-state index in [0.717, 1.165) is 39.3 Å².